The Kier molecular flexibility index (Phi) is 7.79. The Morgan fingerprint density at radius 2 is 2.05 bits per heavy atom. The number of unbranched alkanes of at least 4 members (excludes halogenated alkanes) is 1. The highest BCUT2D eigenvalue weighted by molar-refractivity contribution is 7.54. The first-order valence-electron chi connectivity index (χ1n) is 12.3. The Labute approximate surface area is 214 Å². The molecule has 0 saturated carbocycles. The van der Waals surface area contributed by atoms with Crippen molar-refractivity contribution >= 4 is 13.6 Å². The number of aromatic nitrogens is 2. The minimum absolute atomic E-state index is 0.0963. The minimum Gasteiger partial charge on any atom is -0.460 e. The van der Waals surface area contributed by atoms with Crippen molar-refractivity contribution in [2.24, 2.45) is 0 Å². The summed E-state index contributed by atoms with van der Waals surface area (Å²) in [6.07, 6.45) is 1.63. The Bertz CT molecular complexity index is 1400. The fraction of sp³-hybridized carbons (Fsp3) is 0.500. The highest BCUT2D eigenvalue weighted by Crippen LogP contribution is 2.59. The molecule has 4 unspecified atom stereocenters. The summed E-state index contributed by atoms with van der Waals surface area (Å²) in [5.74, 6) is 5.82. The van der Waals surface area contributed by atoms with E-state index in [0.29, 0.717) is 25.0 Å². The van der Waals surface area contributed by atoms with Gasteiger partial charge in [0.15, 0.2) is 0 Å². The molecule has 0 bridgehead atoms. The van der Waals surface area contributed by atoms with Gasteiger partial charge in [0, 0.05) is 31.5 Å². The van der Waals surface area contributed by atoms with Crippen molar-refractivity contribution in [1.82, 2.24) is 9.55 Å². The Morgan fingerprint density at radius 1 is 1.30 bits per heavy atom. The van der Waals surface area contributed by atoms with E-state index in [1.165, 1.54) is 17.7 Å². The van der Waals surface area contributed by atoms with E-state index in [9.17, 15) is 18.9 Å². The van der Waals surface area contributed by atoms with Crippen molar-refractivity contribution in [3.63, 3.8) is 0 Å². The van der Waals surface area contributed by atoms with Crippen LogP contribution in [0.15, 0.2) is 40.1 Å². The standard InChI is InChI=1S/C26H31N2O8P/c1-5-20-22(33-17(2)29)15-23(34-20)28-16-18(24(30)27-25(28)31)11-7-6-10-14-37(32)35-21-13-9-8-12-19(21)26(3,4)36-37/h8-9,12-13,16,20,22-23H,5-6,10,14-15H2,1-4H3,(H,27,30,31). The number of aromatic amines is 1. The Hall–Kier alpha value is -3.12. The lowest BCUT2D eigenvalue weighted by atomic mass is 9.98. The number of H-pyrrole nitrogens is 1. The molecule has 1 N–H and O–H groups in total. The molecule has 1 saturated heterocycles. The maximum Gasteiger partial charge on any atom is 0.380 e. The van der Waals surface area contributed by atoms with Crippen LogP contribution in [0.5, 0.6) is 5.75 Å². The molecule has 198 valence electrons. The molecule has 2 aromatic rings. The molecule has 0 amide bonds. The summed E-state index contributed by atoms with van der Waals surface area (Å²) < 4.78 is 37.3. The summed E-state index contributed by atoms with van der Waals surface area (Å²) in [5, 5.41) is 0. The highest BCUT2D eigenvalue weighted by Gasteiger charge is 2.42. The van der Waals surface area contributed by atoms with Crippen molar-refractivity contribution in [2.75, 3.05) is 6.16 Å². The summed E-state index contributed by atoms with van der Waals surface area (Å²) in [7, 11) is -3.38. The number of carbonyl (C=O) groups is 1. The molecule has 10 nitrogen and oxygen atoms in total. The van der Waals surface area contributed by atoms with Gasteiger partial charge in [-0.1, -0.05) is 37.0 Å². The SMILES string of the molecule is CCC1OC(n2cc(C#CCCCP3(=O)Oc4ccccc4C(C)(C)O3)c(=O)[nH]c2=O)CC1OC(C)=O. The van der Waals surface area contributed by atoms with E-state index in [-0.39, 0.29) is 24.3 Å². The minimum atomic E-state index is -3.38. The van der Waals surface area contributed by atoms with Gasteiger partial charge in [-0.05, 0) is 32.8 Å². The second-order valence-electron chi connectivity index (χ2n) is 9.56. The number of ether oxygens (including phenoxy) is 2. The van der Waals surface area contributed by atoms with Gasteiger partial charge in [0.05, 0.1) is 12.3 Å². The zero-order valence-corrected chi connectivity index (χ0v) is 22.2. The van der Waals surface area contributed by atoms with Crippen molar-refractivity contribution in [3.8, 4) is 17.6 Å². The maximum absolute atomic E-state index is 13.2. The third-order valence-corrected chi connectivity index (χ3v) is 8.35. The van der Waals surface area contributed by atoms with Gasteiger partial charge < -0.3 is 14.0 Å². The van der Waals surface area contributed by atoms with Crippen LogP contribution in [0.1, 0.15) is 70.7 Å². The molecule has 4 rings (SSSR count). The summed E-state index contributed by atoms with van der Waals surface area (Å²) in [5.41, 5.74) is -1.05. The number of benzene rings is 1. The second-order valence-corrected chi connectivity index (χ2v) is 11.6. The van der Waals surface area contributed by atoms with E-state index in [2.05, 4.69) is 16.8 Å². The molecule has 2 aliphatic rings. The first-order chi connectivity index (χ1) is 17.5. The van der Waals surface area contributed by atoms with Crippen LogP contribution in [0.2, 0.25) is 0 Å². The van der Waals surface area contributed by atoms with E-state index in [4.69, 9.17) is 18.5 Å². The van der Waals surface area contributed by atoms with E-state index in [1.807, 2.05) is 39.0 Å². The molecule has 0 spiro atoms. The fourth-order valence-corrected chi connectivity index (χ4v) is 6.60. The van der Waals surface area contributed by atoms with Gasteiger partial charge in [-0.3, -0.25) is 23.7 Å². The molecule has 1 fully saturated rings. The van der Waals surface area contributed by atoms with Gasteiger partial charge in [-0.2, -0.15) is 0 Å². The van der Waals surface area contributed by atoms with Crippen LogP contribution in [0, 0.1) is 11.8 Å². The maximum atomic E-state index is 13.2. The first kappa shape index (κ1) is 26.9. The van der Waals surface area contributed by atoms with Gasteiger partial charge in [-0.15, -0.1) is 0 Å². The topological polar surface area (TPSA) is 126 Å². The average molecular weight is 531 g/mol. The molecule has 4 atom stereocenters. The quantitative estimate of drug-likeness (QED) is 0.259. The third kappa shape index (κ3) is 6.07. The second kappa shape index (κ2) is 10.7. The number of esters is 1. The van der Waals surface area contributed by atoms with Gasteiger partial charge in [0.2, 0.25) is 0 Å². The fourth-order valence-electron chi connectivity index (χ4n) is 4.58. The van der Waals surface area contributed by atoms with Crippen LogP contribution < -0.4 is 15.8 Å². The number of para-hydroxylation sites is 1. The van der Waals surface area contributed by atoms with Crippen molar-refractivity contribution in [2.45, 2.75) is 77.4 Å². The zero-order chi connectivity index (χ0) is 26.8. The van der Waals surface area contributed by atoms with Crippen LogP contribution in [0.4, 0.5) is 0 Å². The van der Waals surface area contributed by atoms with E-state index in [0.717, 1.165) is 5.56 Å². The Morgan fingerprint density at radius 3 is 2.78 bits per heavy atom. The molecule has 37 heavy (non-hydrogen) atoms. The van der Waals surface area contributed by atoms with E-state index < -0.39 is 42.7 Å². The number of hydrogen-bond acceptors (Lipinski definition) is 8. The molecule has 3 heterocycles. The summed E-state index contributed by atoms with van der Waals surface area (Å²) in [6, 6.07) is 7.36. The average Bonchev–Trinajstić information content (AvgIpc) is 3.21. The first-order valence-corrected chi connectivity index (χ1v) is 14.0. The molecular weight excluding hydrogens is 499 g/mol. The molecule has 11 heteroatoms. The third-order valence-electron chi connectivity index (χ3n) is 6.28. The van der Waals surface area contributed by atoms with Crippen LogP contribution in [0.3, 0.4) is 0 Å². The van der Waals surface area contributed by atoms with Gasteiger partial charge in [-0.25, -0.2) is 9.36 Å². The summed E-state index contributed by atoms with van der Waals surface area (Å²) >= 11 is 0. The van der Waals surface area contributed by atoms with Crippen molar-refractivity contribution in [3.05, 3.63) is 62.4 Å². The number of rotatable bonds is 6. The normalized spacial score (nSPS) is 25.9. The number of carbonyl (C=O) groups excluding carboxylic acids is 1. The number of hydrogen-bond donors (Lipinski definition) is 1. The monoisotopic (exact) mass is 530 g/mol. The lowest BCUT2D eigenvalue weighted by molar-refractivity contribution is -0.149. The van der Waals surface area contributed by atoms with Crippen molar-refractivity contribution in [1.29, 1.82) is 0 Å². The molecule has 2 aliphatic heterocycles. The van der Waals surface area contributed by atoms with Crippen LogP contribution in [-0.4, -0.2) is 33.9 Å². The van der Waals surface area contributed by atoms with Crippen LogP contribution in [0.25, 0.3) is 0 Å². The molecule has 1 aromatic heterocycles. The zero-order valence-electron chi connectivity index (χ0n) is 21.3. The molecule has 1 aromatic carbocycles. The summed E-state index contributed by atoms with van der Waals surface area (Å²) in [6.45, 7) is 6.93. The highest BCUT2D eigenvalue weighted by atomic mass is 31.2. The van der Waals surface area contributed by atoms with E-state index in [1.54, 1.807) is 6.07 Å². The summed E-state index contributed by atoms with van der Waals surface area (Å²) in [4.78, 5) is 38.4. The van der Waals surface area contributed by atoms with Crippen LogP contribution >= 0.6 is 7.60 Å². The van der Waals surface area contributed by atoms with Crippen molar-refractivity contribution < 1.29 is 27.9 Å². The lowest BCUT2D eigenvalue weighted by Crippen LogP contribution is -2.33. The van der Waals surface area contributed by atoms with Gasteiger partial charge in [0.25, 0.3) is 5.56 Å². The number of nitrogens with one attached hydrogen (secondary N) is 1. The van der Waals surface area contributed by atoms with Gasteiger partial charge in [0.1, 0.15) is 29.2 Å². The molecular formula is C26H31N2O8P. The predicted octanol–water partition coefficient (Wildman–Crippen LogP) is 3.83. The Balaban J connectivity index is 1.42. The van der Waals surface area contributed by atoms with Gasteiger partial charge >= 0.3 is 19.3 Å². The predicted molar refractivity (Wildman–Crippen MR) is 135 cm³/mol. The van der Waals surface area contributed by atoms with E-state index >= 15 is 0 Å². The smallest absolute Gasteiger partial charge is 0.380 e. The molecule has 0 aliphatic carbocycles. The largest absolute Gasteiger partial charge is 0.460 e. The molecule has 0 radical (unpaired) electrons. The lowest BCUT2D eigenvalue weighted by Gasteiger charge is -2.37. The number of fused-ring (bicyclic) bond motifs is 1. The van der Waals surface area contributed by atoms with Crippen LogP contribution in [-0.2, 0) is 29.0 Å². The number of nitrogens with zero attached hydrogens (tertiary/aromatic N) is 1.